The summed E-state index contributed by atoms with van der Waals surface area (Å²) < 4.78 is 29.7. The second kappa shape index (κ2) is 17.0. The monoisotopic (exact) mass is 585 g/mol. The van der Waals surface area contributed by atoms with E-state index in [9.17, 15) is 9.59 Å². The first kappa shape index (κ1) is 32.5. The van der Waals surface area contributed by atoms with Gasteiger partial charge in [-0.3, -0.25) is 4.79 Å². The topological polar surface area (TPSA) is 83.5 Å². The summed E-state index contributed by atoms with van der Waals surface area (Å²) in [6.45, 7) is 8.96. The normalized spacial score (nSPS) is 35.3. The van der Waals surface area contributed by atoms with Crippen LogP contribution in [0.1, 0.15) is 78.6 Å². The highest BCUT2D eigenvalue weighted by atomic mass is 16.6. The number of ether oxygens (including phenoxy) is 5. The van der Waals surface area contributed by atoms with Crippen LogP contribution in [-0.4, -0.2) is 80.4 Å². The summed E-state index contributed by atoms with van der Waals surface area (Å²) in [5, 5.41) is 0. The zero-order valence-corrected chi connectivity index (χ0v) is 25.8. The van der Waals surface area contributed by atoms with Gasteiger partial charge in [-0.2, -0.15) is 0 Å². The number of rotatable bonds is 5. The number of hydrogen-bond acceptors (Lipinski definition) is 7. The van der Waals surface area contributed by atoms with Crippen LogP contribution in [0, 0.1) is 11.8 Å². The van der Waals surface area contributed by atoms with Gasteiger partial charge in [-0.25, -0.2) is 4.79 Å². The van der Waals surface area contributed by atoms with E-state index in [4.69, 9.17) is 23.7 Å². The number of cyclic esters (lactones) is 1. The summed E-state index contributed by atoms with van der Waals surface area (Å²) in [7, 11) is 0. The van der Waals surface area contributed by atoms with Gasteiger partial charge in [-0.05, 0) is 63.9 Å². The van der Waals surface area contributed by atoms with Crippen LogP contribution in [0.15, 0.2) is 48.1 Å². The van der Waals surface area contributed by atoms with Gasteiger partial charge in [0.05, 0.1) is 50.7 Å². The van der Waals surface area contributed by atoms with E-state index in [1.54, 1.807) is 4.90 Å². The van der Waals surface area contributed by atoms with Gasteiger partial charge >= 0.3 is 12.1 Å². The Balaban J connectivity index is 1.37. The van der Waals surface area contributed by atoms with E-state index in [2.05, 4.69) is 39.0 Å². The van der Waals surface area contributed by atoms with E-state index >= 15 is 0 Å². The Labute approximate surface area is 252 Å². The Bertz CT molecular complexity index is 982. The molecule has 4 heterocycles. The van der Waals surface area contributed by atoms with Crippen LogP contribution in [0.4, 0.5) is 4.79 Å². The molecule has 4 rings (SSSR count). The summed E-state index contributed by atoms with van der Waals surface area (Å²) in [6.07, 6.45) is 21.8. The average molecular weight is 586 g/mol. The fourth-order valence-corrected chi connectivity index (χ4v) is 6.23. The molecule has 0 aromatic rings. The van der Waals surface area contributed by atoms with Crippen molar-refractivity contribution in [3.05, 3.63) is 48.1 Å². The molecule has 3 saturated heterocycles. The van der Waals surface area contributed by atoms with Crippen molar-refractivity contribution in [2.45, 2.75) is 109 Å². The van der Waals surface area contributed by atoms with Crippen molar-refractivity contribution in [3.63, 3.8) is 0 Å². The fraction of sp³-hybridized carbons (Fsp3) is 0.706. The summed E-state index contributed by atoms with van der Waals surface area (Å²) >= 11 is 0. The number of hydrogen-bond donors (Lipinski definition) is 0. The molecule has 4 bridgehead atoms. The van der Waals surface area contributed by atoms with Crippen LogP contribution in [0.25, 0.3) is 0 Å². The second-order valence-electron chi connectivity index (χ2n) is 12.2. The minimum Gasteiger partial charge on any atom is -0.457 e. The molecule has 7 unspecified atom stereocenters. The summed E-state index contributed by atoms with van der Waals surface area (Å²) in [5.74, 6) is 0.142. The first-order chi connectivity index (χ1) is 20.4. The van der Waals surface area contributed by atoms with Crippen LogP contribution < -0.4 is 0 Å². The molecule has 0 N–H and O–H groups in total. The Kier molecular flexibility index (Phi) is 13.2. The lowest BCUT2D eigenvalue weighted by atomic mass is 9.90. The van der Waals surface area contributed by atoms with E-state index in [1.807, 2.05) is 24.3 Å². The Morgan fingerprint density at radius 3 is 2.50 bits per heavy atom. The zero-order chi connectivity index (χ0) is 29.7. The number of morpholine rings is 1. The molecule has 0 radical (unpaired) electrons. The maximum absolute atomic E-state index is 13.1. The Hall–Kier alpha value is -2.42. The number of carbonyl (C=O) groups excluding carboxylic acids is 2. The third-order valence-electron chi connectivity index (χ3n) is 8.62. The van der Waals surface area contributed by atoms with E-state index in [0.29, 0.717) is 45.2 Å². The molecule has 234 valence electrons. The van der Waals surface area contributed by atoms with Crippen molar-refractivity contribution < 1.29 is 33.3 Å². The number of esters is 1. The zero-order valence-electron chi connectivity index (χ0n) is 25.8. The van der Waals surface area contributed by atoms with Crippen molar-refractivity contribution in [2.24, 2.45) is 11.8 Å². The Morgan fingerprint density at radius 2 is 1.71 bits per heavy atom. The molecular formula is C34H51NO7. The van der Waals surface area contributed by atoms with Gasteiger partial charge in [0.25, 0.3) is 0 Å². The molecule has 4 aliphatic heterocycles. The van der Waals surface area contributed by atoms with Crippen LogP contribution in [0.2, 0.25) is 0 Å². The lowest BCUT2D eigenvalue weighted by Gasteiger charge is -2.37. The molecule has 0 aromatic heterocycles. The molecule has 0 spiro atoms. The van der Waals surface area contributed by atoms with Crippen LogP contribution in [0.3, 0.4) is 0 Å². The second-order valence-corrected chi connectivity index (χ2v) is 12.2. The third kappa shape index (κ3) is 10.7. The Morgan fingerprint density at radius 1 is 0.976 bits per heavy atom. The maximum Gasteiger partial charge on any atom is 0.409 e. The minimum atomic E-state index is -0.395. The lowest BCUT2D eigenvalue weighted by Crippen LogP contribution is -2.41. The van der Waals surface area contributed by atoms with Gasteiger partial charge in [0.15, 0.2) is 0 Å². The molecule has 1 amide bonds. The smallest absolute Gasteiger partial charge is 0.409 e. The summed E-state index contributed by atoms with van der Waals surface area (Å²) in [5.41, 5.74) is 1.35. The van der Waals surface area contributed by atoms with Crippen molar-refractivity contribution in [3.8, 4) is 0 Å². The largest absolute Gasteiger partial charge is 0.457 e. The number of allylic oxidation sites excluding steroid dienone is 4. The molecule has 0 aliphatic carbocycles. The molecular weight excluding hydrogens is 534 g/mol. The van der Waals surface area contributed by atoms with Crippen molar-refractivity contribution in [2.75, 3.05) is 32.9 Å². The highest BCUT2D eigenvalue weighted by Crippen LogP contribution is 2.33. The van der Waals surface area contributed by atoms with Gasteiger partial charge < -0.3 is 28.6 Å². The number of carbonyl (C=O) groups is 2. The number of nitrogens with zero attached hydrogens (tertiary/aromatic N) is 1. The quantitative estimate of drug-likeness (QED) is 0.162. The van der Waals surface area contributed by atoms with Gasteiger partial charge in [0.1, 0.15) is 6.10 Å². The van der Waals surface area contributed by atoms with E-state index in [0.717, 1.165) is 38.5 Å². The van der Waals surface area contributed by atoms with Gasteiger partial charge in [0.2, 0.25) is 0 Å². The molecule has 42 heavy (non-hydrogen) atoms. The molecule has 0 aromatic carbocycles. The first-order valence-electron chi connectivity index (χ1n) is 16.0. The maximum atomic E-state index is 13.1. The predicted molar refractivity (Wildman–Crippen MR) is 162 cm³/mol. The fourth-order valence-electron chi connectivity index (χ4n) is 6.23. The summed E-state index contributed by atoms with van der Waals surface area (Å²) in [6, 6.07) is 0. The lowest BCUT2D eigenvalue weighted by molar-refractivity contribution is -0.154. The third-order valence-corrected chi connectivity index (χ3v) is 8.62. The number of fused-ring (bicyclic) bond motifs is 4. The van der Waals surface area contributed by atoms with E-state index < -0.39 is 6.10 Å². The average Bonchev–Trinajstić information content (AvgIpc) is 2.98. The summed E-state index contributed by atoms with van der Waals surface area (Å²) in [4.78, 5) is 26.9. The first-order valence-corrected chi connectivity index (χ1v) is 16.0. The SMILES string of the molecule is C/C=C1\CC2CC(=O)OC(/C=C/C=C\CCOC(=O)N3CCOCC3)C(C)/C=C/C(C)CC3CCCC(CC(C1)O2)O3. The molecule has 7 atom stereocenters. The van der Waals surface area contributed by atoms with Gasteiger partial charge in [-0.15, -0.1) is 0 Å². The van der Waals surface area contributed by atoms with Crippen LogP contribution in [0.5, 0.6) is 0 Å². The van der Waals surface area contributed by atoms with Gasteiger partial charge in [-0.1, -0.05) is 55.9 Å². The highest BCUT2D eigenvalue weighted by molar-refractivity contribution is 5.70. The van der Waals surface area contributed by atoms with Crippen molar-refractivity contribution >= 4 is 12.1 Å². The predicted octanol–water partition coefficient (Wildman–Crippen LogP) is 6.31. The van der Waals surface area contributed by atoms with Crippen LogP contribution >= 0.6 is 0 Å². The molecule has 0 saturated carbocycles. The molecule has 3 fully saturated rings. The highest BCUT2D eigenvalue weighted by Gasteiger charge is 2.32. The van der Waals surface area contributed by atoms with Crippen LogP contribution in [-0.2, 0) is 28.5 Å². The standard InChI is InChI=1S/C34H51NO7/c1-4-27-21-30-23-29-11-9-10-28(40-29)20-25(2)13-14-26(3)32(42-33(36)24-31(22-27)41-30)12-7-5-6-8-17-39-34(37)35-15-18-38-19-16-35/h4-7,12-14,25-26,28-32H,8-11,15-24H2,1-3H3/b6-5-,12-7+,14-13+,27-4-. The van der Waals surface area contributed by atoms with E-state index in [-0.39, 0.29) is 48.8 Å². The number of amides is 1. The van der Waals surface area contributed by atoms with E-state index in [1.165, 1.54) is 12.0 Å². The van der Waals surface area contributed by atoms with Crippen molar-refractivity contribution in [1.82, 2.24) is 4.90 Å². The van der Waals surface area contributed by atoms with Gasteiger partial charge in [0, 0.05) is 25.4 Å². The minimum absolute atomic E-state index is 0.00887. The van der Waals surface area contributed by atoms with Crippen molar-refractivity contribution in [1.29, 1.82) is 0 Å². The molecule has 8 heteroatoms. The molecule has 4 aliphatic rings. The molecule has 8 nitrogen and oxygen atoms in total.